The molecule has 3 aliphatic rings. The second-order valence-corrected chi connectivity index (χ2v) is 7.63. The summed E-state index contributed by atoms with van der Waals surface area (Å²) < 4.78 is 5.70. The van der Waals surface area contributed by atoms with Gasteiger partial charge < -0.3 is 10.1 Å². The summed E-state index contributed by atoms with van der Waals surface area (Å²) in [5.41, 5.74) is 0.477. The fourth-order valence-electron chi connectivity index (χ4n) is 5.12. The summed E-state index contributed by atoms with van der Waals surface area (Å²) in [6, 6.07) is 1.48. The molecule has 3 rings (SSSR count). The van der Waals surface area contributed by atoms with Gasteiger partial charge in [0.05, 0.1) is 6.10 Å². The molecule has 1 saturated heterocycles. The molecule has 3 atom stereocenters. The molecule has 0 bridgehead atoms. The highest BCUT2D eigenvalue weighted by atomic mass is 16.5. The van der Waals surface area contributed by atoms with E-state index in [2.05, 4.69) is 17.1 Å². The Balaban J connectivity index is 1.73. The number of nitrogens with one attached hydrogen (secondary N) is 1. The van der Waals surface area contributed by atoms with E-state index in [-0.39, 0.29) is 0 Å². The SMILES string of the molecule is CCCC1CN(C2CCCC(OC)C2)C2(CCCC2)CN1. The molecule has 2 aliphatic carbocycles. The van der Waals surface area contributed by atoms with Crippen LogP contribution in [-0.2, 0) is 4.74 Å². The second kappa shape index (κ2) is 6.97. The molecule has 2 saturated carbocycles. The predicted octanol–water partition coefficient (Wildman–Crippen LogP) is 3.33. The minimum Gasteiger partial charge on any atom is -0.381 e. The Morgan fingerprint density at radius 1 is 1.19 bits per heavy atom. The number of hydrogen-bond acceptors (Lipinski definition) is 3. The molecule has 0 radical (unpaired) electrons. The highest BCUT2D eigenvalue weighted by molar-refractivity contribution is 5.04. The van der Waals surface area contributed by atoms with E-state index >= 15 is 0 Å². The Labute approximate surface area is 130 Å². The zero-order chi connectivity index (χ0) is 14.7. The highest BCUT2D eigenvalue weighted by Crippen LogP contribution is 2.41. The fourth-order valence-corrected chi connectivity index (χ4v) is 5.12. The smallest absolute Gasteiger partial charge is 0.0586 e. The first kappa shape index (κ1) is 15.8. The van der Waals surface area contributed by atoms with Gasteiger partial charge in [0.2, 0.25) is 0 Å². The molecular weight excluding hydrogens is 260 g/mol. The minimum atomic E-state index is 0.477. The number of hydrogen-bond donors (Lipinski definition) is 1. The number of nitrogens with zero attached hydrogens (tertiary/aromatic N) is 1. The quantitative estimate of drug-likeness (QED) is 0.861. The highest BCUT2D eigenvalue weighted by Gasteiger charge is 2.46. The van der Waals surface area contributed by atoms with E-state index in [9.17, 15) is 0 Å². The van der Waals surface area contributed by atoms with E-state index in [0.29, 0.717) is 17.7 Å². The van der Waals surface area contributed by atoms with E-state index in [1.165, 1.54) is 77.3 Å². The first-order chi connectivity index (χ1) is 10.3. The van der Waals surface area contributed by atoms with Crippen LogP contribution in [0.25, 0.3) is 0 Å². The van der Waals surface area contributed by atoms with Gasteiger partial charge in [-0.2, -0.15) is 0 Å². The molecule has 3 heteroatoms. The maximum atomic E-state index is 5.70. The van der Waals surface area contributed by atoms with Crippen LogP contribution in [0, 0.1) is 0 Å². The Kier molecular flexibility index (Phi) is 5.23. The van der Waals surface area contributed by atoms with Crippen molar-refractivity contribution in [1.82, 2.24) is 10.2 Å². The molecule has 3 nitrogen and oxygen atoms in total. The lowest BCUT2D eigenvalue weighted by Crippen LogP contribution is -2.66. The lowest BCUT2D eigenvalue weighted by Gasteiger charge is -2.53. The van der Waals surface area contributed by atoms with Crippen LogP contribution in [0.5, 0.6) is 0 Å². The molecule has 21 heavy (non-hydrogen) atoms. The van der Waals surface area contributed by atoms with Crippen LogP contribution in [-0.4, -0.2) is 48.8 Å². The average Bonchev–Trinajstić information content (AvgIpc) is 2.99. The van der Waals surface area contributed by atoms with E-state index in [0.717, 1.165) is 6.04 Å². The molecule has 3 unspecified atom stereocenters. The van der Waals surface area contributed by atoms with Crippen molar-refractivity contribution in [3.05, 3.63) is 0 Å². The standard InChI is InChI=1S/C18H34N2O/c1-3-7-15-13-20(16-8-6-9-17(12-16)21-2)18(14-19-15)10-4-5-11-18/h15-17,19H,3-14H2,1-2H3. The number of ether oxygens (including phenoxy) is 1. The Bertz CT molecular complexity index is 327. The molecular formula is C18H34N2O. The van der Waals surface area contributed by atoms with Crippen LogP contribution in [0.2, 0.25) is 0 Å². The molecule has 3 fully saturated rings. The van der Waals surface area contributed by atoms with Gasteiger partial charge >= 0.3 is 0 Å². The summed E-state index contributed by atoms with van der Waals surface area (Å²) in [4.78, 5) is 2.95. The zero-order valence-electron chi connectivity index (χ0n) is 14.1. The summed E-state index contributed by atoms with van der Waals surface area (Å²) >= 11 is 0. The molecule has 1 spiro atoms. The fraction of sp³-hybridized carbons (Fsp3) is 1.00. The van der Waals surface area contributed by atoms with Gasteiger partial charge in [0.15, 0.2) is 0 Å². The third-order valence-corrected chi connectivity index (χ3v) is 6.29. The van der Waals surface area contributed by atoms with E-state index < -0.39 is 0 Å². The first-order valence-electron chi connectivity index (χ1n) is 9.30. The van der Waals surface area contributed by atoms with Crippen LogP contribution in [0.15, 0.2) is 0 Å². The normalized spacial score (nSPS) is 37.1. The van der Waals surface area contributed by atoms with Gasteiger partial charge in [-0.05, 0) is 44.9 Å². The van der Waals surface area contributed by atoms with Crippen LogP contribution in [0.3, 0.4) is 0 Å². The topological polar surface area (TPSA) is 24.5 Å². The second-order valence-electron chi connectivity index (χ2n) is 7.63. The van der Waals surface area contributed by atoms with E-state index in [1.54, 1.807) is 0 Å². The maximum Gasteiger partial charge on any atom is 0.0586 e. The van der Waals surface area contributed by atoms with Crippen molar-refractivity contribution in [2.24, 2.45) is 0 Å². The summed E-state index contributed by atoms with van der Waals surface area (Å²) in [6.07, 6.45) is 14.1. The van der Waals surface area contributed by atoms with E-state index in [1.807, 2.05) is 7.11 Å². The average molecular weight is 294 g/mol. The molecule has 1 aliphatic heterocycles. The zero-order valence-corrected chi connectivity index (χ0v) is 14.1. The van der Waals surface area contributed by atoms with Crippen molar-refractivity contribution in [2.75, 3.05) is 20.2 Å². The summed E-state index contributed by atoms with van der Waals surface area (Å²) in [6.45, 7) is 4.81. The van der Waals surface area contributed by atoms with Gasteiger partial charge in [-0.3, -0.25) is 4.90 Å². The molecule has 0 aromatic rings. The Morgan fingerprint density at radius 3 is 2.71 bits per heavy atom. The molecule has 0 aromatic heterocycles. The summed E-state index contributed by atoms with van der Waals surface area (Å²) in [7, 11) is 1.90. The number of methoxy groups -OCH3 is 1. The van der Waals surface area contributed by atoms with E-state index in [4.69, 9.17) is 4.74 Å². The Hall–Kier alpha value is -0.120. The van der Waals surface area contributed by atoms with Gasteiger partial charge in [-0.15, -0.1) is 0 Å². The van der Waals surface area contributed by atoms with Gasteiger partial charge in [-0.1, -0.05) is 26.2 Å². The van der Waals surface area contributed by atoms with Crippen molar-refractivity contribution in [3.63, 3.8) is 0 Å². The first-order valence-corrected chi connectivity index (χ1v) is 9.30. The molecule has 0 amide bonds. The van der Waals surface area contributed by atoms with Gasteiger partial charge in [0.1, 0.15) is 0 Å². The maximum absolute atomic E-state index is 5.70. The van der Waals surface area contributed by atoms with Crippen molar-refractivity contribution >= 4 is 0 Å². The number of rotatable bonds is 4. The Morgan fingerprint density at radius 2 is 2.00 bits per heavy atom. The molecule has 1 heterocycles. The summed E-state index contributed by atoms with van der Waals surface area (Å²) in [5.74, 6) is 0. The van der Waals surface area contributed by atoms with Crippen molar-refractivity contribution in [1.29, 1.82) is 0 Å². The van der Waals surface area contributed by atoms with Gasteiger partial charge in [0, 0.05) is 37.8 Å². The molecule has 1 N–H and O–H groups in total. The van der Waals surface area contributed by atoms with Crippen molar-refractivity contribution in [2.45, 2.75) is 94.9 Å². The summed E-state index contributed by atoms with van der Waals surface area (Å²) in [5, 5.41) is 3.87. The molecule has 0 aromatic carbocycles. The minimum absolute atomic E-state index is 0.477. The van der Waals surface area contributed by atoms with Crippen LogP contribution < -0.4 is 5.32 Å². The van der Waals surface area contributed by atoms with Crippen molar-refractivity contribution < 1.29 is 4.74 Å². The lowest BCUT2D eigenvalue weighted by atomic mass is 9.83. The third-order valence-electron chi connectivity index (χ3n) is 6.29. The lowest BCUT2D eigenvalue weighted by molar-refractivity contribution is -0.0396. The van der Waals surface area contributed by atoms with Crippen molar-refractivity contribution in [3.8, 4) is 0 Å². The van der Waals surface area contributed by atoms with Crippen LogP contribution in [0.4, 0.5) is 0 Å². The van der Waals surface area contributed by atoms with Gasteiger partial charge in [-0.25, -0.2) is 0 Å². The monoisotopic (exact) mass is 294 g/mol. The largest absolute Gasteiger partial charge is 0.381 e. The van der Waals surface area contributed by atoms with Crippen LogP contribution in [0.1, 0.15) is 71.1 Å². The van der Waals surface area contributed by atoms with Crippen LogP contribution >= 0.6 is 0 Å². The number of piperazine rings is 1. The molecule has 122 valence electrons. The van der Waals surface area contributed by atoms with Gasteiger partial charge in [0.25, 0.3) is 0 Å². The third kappa shape index (κ3) is 3.30. The predicted molar refractivity (Wildman–Crippen MR) is 87.7 cm³/mol.